The van der Waals surface area contributed by atoms with Crippen molar-refractivity contribution >= 4 is 23.4 Å². The number of nitrogens with zero attached hydrogens (tertiary/aromatic N) is 1. The number of hydrogen-bond acceptors (Lipinski definition) is 3. The van der Waals surface area contributed by atoms with Crippen molar-refractivity contribution in [2.24, 2.45) is 0 Å². The summed E-state index contributed by atoms with van der Waals surface area (Å²) in [5.74, 6) is -0.207. The molecular formula is C17H18ClN3O2. The molecule has 1 aromatic carbocycles. The van der Waals surface area contributed by atoms with Crippen molar-refractivity contribution < 1.29 is 9.59 Å². The Labute approximate surface area is 140 Å². The molecule has 2 amide bonds. The van der Waals surface area contributed by atoms with Crippen LogP contribution >= 0.6 is 11.6 Å². The topological polar surface area (TPSA) is 71.1 Å². The minimum atomic E-state index is -0.168. The molecule has 0 saturated carbocycles. The van der Waals surface area contributed by atoms with Gasteiger partial charge in [0, 0.05) is 42.5 Å². The van der Waals surface area contributed by atoms with Gasteiger partial charge in [0.1, 0.15) is 0 Å². The van der Waals surface area contributed by atoms with Crippen LogP contribution in [0.15, 0.2) is 48.8 Å². The van der Waals surface area contributed by atoms with Crippen LogP contribution in [-0.2, 0) is 11.3 Å². The normalized spacial score (nSPS) is 10.1. The Morgan fingerprint density at radius 1 is 1.00 bits per heavy atom. The second kappa shape index (κ2) is 8.90. The van der Waals surface area contributed by atoms with E-state index in [1.807, 2.05) is 12.1 Å². The van der Waals surface area contributed by atoms with E-state index >= 15 is 0 Å². The molecule has 0 radical (unpaired) electrons. The zero-order valence-corrected chi connectivity index (χ0v) is 13.3. The number of hydrogen-bond donors (Lipinski definition) is 2. The molecule has 1 heterocycles. The van der Waals surface area contributed by atoms with Crippen LogP contribution in [-0.4, -0.2) is 23.3 Å². The molecule has 0 atom stereocenters. The van der Waals surface area contributed by atoms with E-state index in [1.165, 1.54) is 0 Å². The summed E-state index contributed by atoms with van der Waals surface area (Å²) in [6.07, 6.45) is 4.33. The number of carbonyl (C=O) groups is 2. The monoisotopic (exact) mass is 331 g/mol. The molecule has 2 aromatic rings. The average molecular weight is 332 g/mol. The lowest BCUT2D eigenvalue weighted by Gasteiger charge is -2.07. The fourth-order valence-corrected chi connectivity index (χ4v) is 2.07. The predicted molar refractivity (Wildman–Crippen MR) is 89.1 cm³/mol. The van der Waals surface area contributed by atoms with Gasteiger partial charge in [-0.25, -0.2) is 0 Å². The number of benzene rings is 1. The first-order valence-electron chi connectivity index (χ1n) is 7.34. The summed E-state index contributed by atoms with van der Waals surface area (Å²) in [5, 5.41) is 6.20. The number of aromatic nitrogens is 1. The summed E-state index contributed by atoms with van der Waals surface area (Å²) < 4.78 is 0. The lowest BCUT2D eigenvalue weighted by atomic mass is 10.2. The smallest absolute Gasteiger partial charge is 0.251 e. The Kier molecular flexibility index (Phi) is 6.56. The van der Waals surface area contributed by atoms with E-state index in [0.717, 1.165) is 5.56 Å². The number of nitrogens with one attached hydrogen (secondary N) is 2. The molecule has 1 aromatic heterocycles. The first-order valence-corrected chi connectivity index (χ1v) is 7.72. The van der Waals surface area contributed by atoms with E-state index in [-0.39, 0.29) is 11.8 Å². The Morgan fingerprint density at radius 3 is 2.39 bits per heavy atom. The minimum Gasteiger partial charge on any atom is -0.352 e. The van der Waals surface area contributed by atoms with Gasteiger partial charge in [0.2, 0.25) is 5.91 Å². The summed E-state index contributed by atoms with van der Waals surface area (Å²) in [5.41, 5.74) is 1.56. The van der Waals surface area contributed by atoms with E-state index in [0.29, 0.717) is 36.5 Å². The van der Waals surface area contributed by atoms with E-state index < -0.39 is 0 Å². The molecule has 120 valence electrons. The third-order valence-corrected chi connectivity index (χ3v) is 3.46. The van der Waals surface area contributed by atoms with Gasteiger partial charge in [-0.3, -0.25) is 14.6 Å². The van der Waals surface area contributed by atoms with Crippen molar-refractivity contribution in [3.8, 4) is 0 Å². The Morgan fingerprint density at radius 2 is 1.70 bits per heavy atom. The van der Waals surface area contributed by atoms with Crippen LogP contribution in [0, 0.1) is 0 Å². The van der Waals surface area contributed by atoms with Crippen molar-refractivity contribution in [3.05, 3.63) is 64.9 Å². The predicted octanol–water partition coefficient (Wildman–Crippen LogP) is 2.56. The van der Waals surface area contributed by atoms with E-state index in [1.54, 1.807) is 36.7 Å². The molecule has 0 aliphatic rings. The van der Waals surface area contributed by atoms with Crippen molar-refractivity contribution in [2.75, 3.05) is 6.54 Å². The van der Waals surface area contributed by atoms with Gasteiger partial charge in [0.05, 0.1) is 0 Å². The molecule has 0 aliphatic carbocycles. The fraction of sp³-hybridized carbons (Fsp3) is 0.235. The first kappa shape index (κ1) is 17.0. The maximum absolute atomic E-state index is 11.9. The van der Waals surface area contributed by atoms with Gasteiger partial charge in [-0.1, -0.05) is 11.6 Å². The van der Waals surface area contributed by atoms with E-state index in [9.17, 15) is 9.59 Å². The zero-order valence-electron chi connectivity index (χ0n) is 12.6. The molecule has 0 fully saturated rings. The maximum atomic E-state index is 11.9. The zero-order chi connectivity index (χ0) is 16.5. The van der Waals surface area contributed by atoms with Crippen LogP contribution < -0.4 is 10.6 Å². The summed E-state index contributed by atoms with van der Waals surface area (Å²) in [6, 6.07) is 10.4. The summed E-state index contributed by atoms with van der Waals surface area (Å²) in [4.78, 5) is 27.5. The highest BCUT2D eigenvalue weighted by Crippen LogP contribution is 2.09. The number of halogens is 1. The highest BCUT2D eigenvalue weighted by molar-refractivity contribution is 6.30. The summed E-state index contributed by atoms with van der Waals surface area (Å²) in [7, 11) is 0. The van der Waals surface area contributed by atoms with Gasteiger partial charge in [-0.15, -0.1) is 0 Å². The lowest BCUT2D eigenvalue weighted by molar-refractivity contribution is -0.121. The largest absolute Gasteiger partial charge is 0.352 e. The quantitative estimate of drug-likeness (QED) is 0.766. The SMILES string of the molecule is O=C(CCCNC(=O)c1ccc(Cl)cc1)NCc1ccncc1. The van der Waals surface area contributed by atoms with E-state index in [2.05, 4.69) is 15.6 Å². The van der Waals surface area contributed by atoms with Crippen LogP contribution in [0.4, 0.5) is 0 Å². The molecule has 6 heteroatoms. The van der Waals surface area contributed by atoms with Gasteiger partial charge in [-0.05, 0) is 48.4 Å². The van der Waals surface area contributed by atoms with Gasteiger partial charge < -0.3 is 10.6 Å². The van der Waals surface area contributed by atoms with E-state index in [4.69, 9.17) is 11.6 Å². The summed E-state index contributed by atoms with van der Waals surface area (Å²) >= 11 is 5.77. The standard InChI is InChI=1S/C17H18ClN3O2/c18-15-5-3-14(4-6-15)17(23)20-9-1-2-16(22)21-12-13-7-10-19-11-8-13/h3-8,10-11H,1-2,9,12H2,(H,20,23)(H,21,22). The van der Waals surface area contributed by atoms with Crippen LogP contribution in [0.25, 0.3) is 0 Å². The molecule has 5 nitrogen and oxygen atoms in total. The van der Waals surface area contributed by atoms with Crippen molar-refractivity contribution in [2.45, 2.75) is 19.4 Å². The van der Waals surface area contributed by atoms with Gasteiger partial charge in [-0.2, -0.15) is 0 Å². The number of amides is 2. The third-order valence-electron chi connectivity index (χ3n) is 3.21. The maximum Gasteiger partial charge on any atom is 0.251 e. The number of rotatable bonds is 7. The second-order valence-corrected chi connectivity index (χ2v) is 5.43. The Balaban J connectivity index is 1.62. The Hall–Kier alpha value is -2.40. The van der Waals surface area contributed by atoms with Gasteiger partial charge in [0.15, 0.2) is 0 Å². The first-order chi connectivity index (χ1) is 11.1. The molecule has 0 spiro atoms. The number of carbonyl (C=O) groups excluding carboxylic acids is 2. The van der Waals surface area contributed by atoms with Crippen LogP contribution in [0.2, 0.25) is 5.02 Å². The highest BCUT2D eigenvalue weighted by atomic mass is 35.5. The lowest BCUT2D eigenvalue weighted by Crippen LogP contribution is -2.27. The van der Waals surface area contributed by atoms with Crippen molar-refractivity contribution in [3.63, 3.8) is 0 Å². The summed E-state index contributed by atoms with van der Waals surface area (Å²) in [6.45, 7) is 0.933. The molecule has 2 rings (SSSR count). The van der Waals surface area contributed by atoms with Crippen molar-refractivity contribution in [1.82, 2.24) is 15.6 Å². The molecule has 2 N–H and O–H groups in total. The number of pyridine rings is 1. The molecule has 0 bridgehead atoms. The Bertz CT molecular complexity index is 645. The average Bonchev–Trinajstić information content (AvgIpc) is 2.58. The minimum absolute atomic E-state index is 0.0393. The molecule has 0 unspecified atom stereocenters. The van der Waals surface area contributed by atoms with Crippen LogP contribution in [0.3, 0.4) is 0 Å². The van der Waals surface area contributed by atoms with Gasteiger partial charge in [0.25, 0.3) is 5.91 Å². The molecular weight excluding hydrogens is 314 g/mol. The van der Waals surface area contributed by atoms with Crippen LogP contribution in [0.1, 0.15) is 28.8 Å². The van der Waals surface area contributed by atoms with Gasteiger partial charge >= 0.3 is 0 Å². The highest BCUT2D eigenvalue weighted by Gasteiger charge is 2.05. The molecule has 0 aliphatic heterocycles. The third kappa shape index (κ3) is 6.08. The van der Waals surface area contributed by atoms with Crippen molar-refractivity contribution in [1.29, 1.82) is 0 Å². The van der Waals surface area contributed by atoms with Crippen LogP contribution in [0.5, 0.6) is 0 Å². The fourth-order valence-electron chi connectivity index (χ4n) is 1.94. The molecule has 23 heavy (non-hydrogen) atoms. The second-order valence-electron chi connectivity index (χ2n) is 5.00. The molecule has 0 saturated heterocycles.